The molecule has 0 spiro atoms. The maximum Gasteiger partial charge on any atom is 0.240 e. The zero-order valence-electron chi connectivity index (χ0n) is 12.1. The number of hydrogen-bond donors (Lipinski definition) is 0. The van der Waals surface area contributed by atoms with Gasteiger partial charge in [-0.05, 0) is 46.7 Å². The van der Waals surface area contributed by atoms with Crippen LogP contribution in [-0.4, -0.2) is 17.1 Å². The molecule has 0 unspecified atom stereocenters. The molecule has 0 aromatic heterocycles. The first kappa shape index (κ1) is 15.3. The molecule has 106 valence electrons. The summed E-state index contributed by atoms with van der Waals surface area (Å²) in [6.07, 6.45) is 3.77. The van der Waals surface area contributed by atoms with Crippen LogP contribution in [0, 0.1) is 0 Å². The van der Waals surface area contributed by atoms with Crippen LogP contribution >= 0.6 is 22.6 Å². The lowest BCUT2D eigenvalue weighted by Gasteiger charge is -2.02. The van der Waals surface area contributed by atoms with Gasteiger partial charge in [0.1, 0.15) is 0 Å². The van der Waals surface area contributed by atoms with Gasteiger partial charge in [-0.15, -0.1) is 0 Å². The highest BCUT2D eigenvalue weighted by molar-refractivity contribution is 14.1. The van der Waals surface area contributed by atoms with E-state index in [2.05, 4.69) is 9.98 Å². The monoisotopic (exact) mass is 393 g/mol. The van der Waals surface area contributed by atoms with Crippen molar-refractivity contribution in [2.24, 2.45) is 9.98 Å². The molecule has 4 nitrogen and oxygen atoms in total. The number of carbonyl (C=O) groups excluding carboxylic acids is 2. The fourth-order valence-corrected chi connectivity index (χ4v) is 1.72. The normalized spacial score (nSPS) is 9.29. The van der Waals surface area contributed by atoms with E-state index in [4.69, 9.17) is 1.37 Å². The van der Waals surface area contributed by atoms with Gasteiger partial charge in [-0.1, -0.05) is 46.9 Å². The molecule has 0 N–H and O–H groups in total. The summed E-state index contributed by atoms with van der Waals surface area (Å²) in [5.41, 5.74) is 3.40. The molecular formula is C16H13IN2O2. The molecule has 0 radical (unpaired) electrons. The molecule has 0 aliphatic carbocycles. The number of rotatable bonds is 4. The smallest absolute Gasteiger partial charge is 0.211 e. The molecule has 0 aliphatic heterocycles. The van der Waals surface area contributed by atoms with Crippen molar-refractivity contribution in [2.45, 2.75) is 6.42 Å². The Kier molecular flexibility index (Phi) is 7.13. The van der Waals surface area contributed by atoms with Crippen molar-refractivity contribution < 1.29 is 11.0 Å². The summed E-state index contributed by atoms with van der Waals surface area (Å²) in [5, 5.41) is 0. The van der Waals surface area contributed by atoms with Crippen LogP contribution < -0.4 is 0 Å². The summed E-state index contributed by atoms with van der Waals surface area (Å²) >= 11 is 1.96. The number of alkyl halides is 1. The van der Waals surface area contributed by atoms with Crippen LogP contribution in [0.25, 0.3) is 0 Å². The lowest BCUT2D eigenvalue weighted by atomic mass is 10.0. The topological polar surface area (TPSA) is 58.9 Å². The second-order valence-corrected chi connectivity index (χ2v) is 3.92. The number of nitrogens with zero attached hydrogens (tertiary/aromatic N) is 2. The Morgan fingerprint density at radius 1 is 0.905 bits per heavy atom. The standard InChI is InChI=1S/C15H10N2O2.CH3I/c18-10-16-14-5-1-12(2-6-14)9-13-3-7-15(8-4-13)17-11-19;1-2/h1-8H,9H2;1H3/i;1D. The van der Waals surface area contributed by atoms with Gasteiger partial charge in [0.2, 0.25) is 12.2 Å². The fraction of sp³-hybridized carbons (Fsp3) is 0.125. The van der Waals surface area contributed by atoms with E-state index < -0.39 is 0 Å². The quantitative estimate of drug-likeness (QED) is 0.337. The van der Waals surface area contributed by atoms with E-state index in [0.29, 0.717) is 16.3 Å². The molecule has 0 atom stereocenters. The van der Waals surface area contributed by atoms with Crippen molar-refractivity contribution in [3.05, 3.63) is 59.7 Å². The highest BCUT2D eigenvalue weighted by Gasteiger charge is 1.97. The molecule has 0 bridgehead atoms. The van der Waals surface area contributed by atoms with Crippen LogP contribution in [-0.2, 0) is 16.0 Å². The van der Waals surface area contributed by atoms with E-state index in [1.807, 2.05) is 46.9 Å². The van der Waals surface area contributed by atoms with Gasteiger partial charge in [0.15, 0.2) is 0 Å². The number of hydrogen-bond acceptors (Lipinski definition) is 4. The zero-order chi connectivity index (χ0) is 16.2. The largest absolute Gasteiger partial charge is 0.240 e. The van der Waals surface area contributed by atoms with Gasteiger partial charge in [-0.2, -0.15) is 9.98 Å². The van der Waals surface area contributed by atoms with Gasteiger partial charge in [0.25, 0.3) is 0 Å². The predicted molar refractivity (Wildman–Crippen MR) is 91.2 cm³/mol. The van der Waals surface area contributed by atoms with E-state index >= 15 is 0 Å². The molecule has 21 heavy (non-hydrogen) atoms. The van der Waals surface area contributed by atoms with Crippen molar-refractivity contribution in [1.29, 1.82) is 0 Å². The fourth-order valence-electron chi connectivity index (χ4n) is 1.72. The van der Waals surface area contributed by atoms with E-state index in [1.54, 1.807) is 24.3 Å². The molecule has 0 saturated carbocycles. The summed E-state index contributed by atoms with van der Waals surface area (Å²) in [6, 6.07) is 14.7. The Balaban J connectivity index is 0.000000745. The van der Waals surface area contributed by atoms with Gasteiger partial charge >= 0.3 is 0 Å². The van der Waals surface area contributed by atoms with Gasteiger partial charge in [0, 0.05) is 1.37 Å². The Labute approximate surface area is 138 Å². The third kappa shape index (κ3) is 5.83. The first-order valence-corrected chi connectivity index (χ1v) is 7.45. The summed E-state index contributed by atoms with van der Waals surface area (Å²) in [5.74, 6) is 0. The highest BCUT2D eigenvalue weighted by Crippen LogP contribution is 2.17. The second-order valence-electron chi connectivity index (χ2n) is 3.92. The van der Waals surface area contributed by atoms with Gasteiger partial charge < -0.3 is 0 Å². The van der Waals surface area contributed by atoms with Crippen LogP contribution in [0.3, 0.4) is 0 Å². The predicted octanol–water partition coefficient (Wildman–Crippen LogP) is 4.26. The van der Waals surface area contributed by atoms with E-state index in [0.717, 1.165) is 17.5 Å². The van der Waals surface area contributed by atoms with Crippen molar-refractivity contribution in [2.75, 3.05) is 4.91 Å². The molecule has 0 amide bonds. The average Bonchev–Trinajstić information content (AvgIpc) is 2.53. The minimum atomic E-state index is 0.470. The number of halogens is 1. The van der Waals surface area contributed by atoms with Crippen LogP contribution in [0.2, 0.25) is 0 Å². The summed E-state index contributed by atoms with van der Waals surface area (Å²) in [4.78, 5) is 27.7. The van der Waals surface area contributed by atoms with E-state index in [-0.39, 0.29) is 0 Å². The molecule has 0 saturated heterocycles. The first-order chi connectivity index (χ1) is 10.7. The first-order valence-electron chi connectivity index (χ1n) is 6.63. The summed E-state index contributed by atoms with van der Waals surface area (Å²) < 4.78 is 6.20. The number of benzene rings is 2. The van der Waals surface area contributed by atoms with Crippen LogP contribution in [0.1, 0.15) is 12.5 Å². The highest BCUT2D eigenvalue weighted by atomic mass is 127. The van der Waals surface area contributed by atoms with Crippen LogP contribution in [0.5, 0.6) is 0 Å². The molecule has 0 aliphatic rings. The summed E-state index contributed by atoms with van der Waals surface area (Å²) in [6.45, 7) is 0. The lowest BCUT2D eigenvalue weighted by Crippen LogP contribution is -1.86. The third-order valence-corrected chi connectivity index (χ3v) is 2.63. The maximum atomic E-state index is 10.1. The minimum Gasteiger partial charge on any atom is -0.211 e. The molecule has 2 rings (SSSR count). The Morgan fingerprint density at radius 2 is 1.24 bits per heavy atom. The Hall–Kier alpha value is -2.07. The maximum absolute atomic E-state index is 10.1. The Morgan fingerprint density at radius 3 is 1.52 bits per heavy atom. The zero-order valence-corrected chi connectivity index (χ0v) is 13.3. The van der Waals surface area contributed by atoms with E-state index in [9.17, 15) is 9.59 Å². The van der Waals surface area contributed by atoms with Crippen LogP contribution in [0.4, 0.5) is 11.4 Å². The van der Waals surface area contributed by atoms with Gasteiger partial charge in [-0.3, -0.25) is 0 Å². The van der Waals surface area contributed by atoms with Crippen LogP contribution in [0.15, 0.2) is 58.5 Å². The number of isocyanates is 2. The molecule has 0 heterocycles. The summed E-state index contributed by atoms with van der Waals surface area (Å²) in [7, 11) is 0. The molecule has 2 aromatic carbocycles. The van der Waals surface area contributed by atoms with Gasteiger partial charge in [-0.25, -0.2) is 9.59 Å². The third-order valence-electron chi connectivity index (χ3n) is 2.63. The Bertz CT molecular complexity index is 615. The van der Waals surface area contributed by atoms with E-state index in [1.165, 1.54) is 12.2 Å². The number of aliphatic imine (C=N–C) groups is 2. The van der Waals surface area contributed by atoms with Crippen molar-refractivity contribution in [1.82, 2.24) is 0 Å². The molecule has 2 aromatic rings. The second kappa shape index (κ2) is 9.77. The molecular weight excluding hydrogens is 379 g/mol. The van der Waals surface area contributed by atoms with Crippen molar-refractivity contribution >= 4 is 46.1 Å². The molecule has 0 fully saturated rings. The molecule has 5 heteroatoms. The SMILES string of the molecule is O=C=Nc1ccc(Cc2ccc(N=C=O)cc2)cc1.[2H]CI. The van der Waals surface area contributed by atoms with Crippen molar-refractivity contribution in [3.63, 3.8) is 0 Å². The van der Waals surface area contributed by atoms with Crippen molar-refractivity contribution in [3.8, 4) is 0 Å². The minimum absolute atomic E-state index is 0.470. The lowest BCUT2D eigenvalue weighted by molar-refractivity contribution is 0.564. The van der Waals surface area contributed by atoms with Gasteiger partial charge in [0.05, 0.1) is 11.4 Å². The average molecular weight is 393 g/mol.